The normalized spacial score (nSPS) is 12.4. The molecule has 0 saturated carbocycles. The highest BCUT2D eigenvalue weighted by Crippen LogP contribution is 2.16. The smallest absolute Gasteiger partial charge is 0.327 e. The minimum atomic E-state index is -4.74. The third-order valence-electron chi connectivity index (χ3n) is 6.49. The number of esters is 1. The molecular formula is C26H47NO10S. The number of aliphatic carboxylic acids is 2. The van der Waals surface area contributed by atoms with Gasteiger partial charge in [0.15, 0.2) is 11.2 Å². The second-order valence-electron chi connectivity index (χ2n) is 9.87. The van der Waals surface area contributed by atoms with E-state index in [1.165, 1.54) is 44.9 Å². The van der Waals surface area contributed by atoms with Gasteiger partial charge in [-0.3, -0.25) is 23.7 Å². The molecule has 0 bridgehead atoms. The van der Waals surface area contributed by atoms with Crippen molar-refractivity contribution in [1.29, 1.82) is 0 Å². The number of unbranched alkanes of at least 4 members (excludes halogenated alkanes) is 16. The molecule has 0 aromatic rings. The summed E-state index contributed by atoms with van der Waals surface area (Å²) in [4.78, 5) is 44.3. The number of carboxylic acids is 2. The monoisotopic (exact) mass is 565 g/mol. The summed E-state index contributed by atoms with van der Waals surface area (Å²) in [5, 5.41) is 15.7. The molecule has 11 nitrogen and oxygen atoms in total. The molecule has 0 radical (unpaired) electrons. The summed E-state index contributed by atoms with van der Waals surface area (Å²) in [6.07, 6.45) is 17.3. The van der Waals surface area contributed by atoms with Gasteiger partial charge in [0.2, 0.25) is 5.91 Å². The Morgan fingerprint density at radius 1 is 0.632 bits per heavy atom. The Balaban J connectivity index is 3.47. The maximum absolute atomic E-state index is 11.8. The molecule has 0 aliphatic rings. The van der Waals surface area contributed by atoms with Crippen LogP contribution in [0.25, 0.3) is 0 Å². The molecule has 0 rings (SSSR count). The van der Waals surface area contributed by atoms with Gasteiger partial charge in [0.05, 0.1) is 13.0 Å². The number of hydrogen-bond donors (Lipinski definition) is 4. The van der Waals surface area contributed by atoms with E-state index in [9.17, 15) is 27.6 Å². The summed E-state index contributed by atoms with van der Waals surface area (Å²) >= 11 is 0. The summed E-state index contributed by atoms with van der Waals surface area (Å²) in [7, 11) is -4.74. The first-order valence-electron chi connectivity index (χ1n) is 13.8. The predicted octanol–water partition coefficient (Wildman–Crippen LogP) is 4.47. The van der Waals surface area contributed by atoms with Crippen LogP contribution < -0.4 is 5.73 Å². The van der Waals surface area contributed by atoms with Crippen molar-refractivity contribution in [2.45, 2.75) is 127 Å². The SMILES string of the molecule is NC(=O)CC(C(=O)OCCCCCCCCCCCCCCCCCCCC(C(=O)O)C(=O)O)S(=O)(=O)O. The van der Waals surface area contributed by atoms with Crippen molar-refractivity contribution in [3.63, 3.8) is 0 Å². The topological polar surface area (TPSA) is 198 Å². The van der Waals surface area contributed by atoms with Crippen molar-refractivity contribution in [1.82, 2.24) is 0 Å². The van der Waals surface area contributed by atoms with E-state index in [0.717, 1.165) is 51.4 Å². The van der Waals surface area contributed by atoms with Crippen LogP contribution in [0.2, 0.25) is 0 Å². The molecule has 0 aliphatic carbocycles. The molecule has 0 fully saturated rings. The highest BCUT2D eigenvalue weighted by atomic mass is 32.2. The number of primary amides is 1. The fourth-order valence-electron chi connectivity index (χ4n) is 4.21. The zero-order valence-electron chi connectivity index (χ0n) is 22.5. The van der Waals surface area contributed by atoms with Crippen LogP contribution in [0.4, 0.5) is 0 Å². The Labute approximate surface area is 226 Å². The van der Waals surface area contributed by atoms with Crippen molar-refractivity contribution in [2.75, 3.05) is 6.61 Å². The number of hydrogen-bond acceptors (Lipinski definition) is 7. The van der Waals surface area contributed by atoms with E-state index in [2.05, 4.69) is 0 Å². The van der Waals surface area contributed by atoms with E-state index in [4.69, 9.17) is 25.2 Å². The number of rotatable bonds is 26. The van der Waals surface area contributed by atoms with Crippen LogP contribution in [0, 0.1) is 5.92 Å². The lowest BCUT2D eigenvalue weighted by Crippen LogP contribution is -2.35. The molecule has 0 saturated heterocycles. The molecule has 12 heteroatoms. The summed E-state index contributed by atoms with van der Waals surface area (Å²) in [5.74, 6) is -5.97. The predicted molar refractivity (Wildman–Crippen MR) is 142 cm³/mol. The van der Waals surface area contributed by atoms with Gasteiger partial charge < -0.3 is 20.7 Å². The first-order valence-corrected chi connectivity index (χ1v) is 15.3. The summed E-state index contributed by atoms with van der Waals surface area (Å²) in [6.45, 7) is 0.0314. The second kappa shape index (κ2) is 21.7. The van der Waals surface area contributed by atoms with Crippen LogP contribution in [0.3, 0.4) is 0 Å². The number of carbonyl (C=O) groups is 4. The van der Waals surface area contributed by atoms with Gasteiger partial charge in [0.1, 0.15) is 0 Å². The number of carbonyl (C=O) groups excluding carboxylic acids is 2. The van der Waals surface area contributed by atoms with Gasteiger partial charge in [-0.05, 0) is 12.8 Å². The van der Waals surface area contributed by atoms with Crippen LogP contribution >= 0.6 is 0 Å². The zero-order chi connectivity index (χ0) is 28.8. The standard InChI is InChI=1S/C26H47NO10S/c27-23(28)20-22(38(34,35)36)26(33)37-19-17-15-13-11-9-7-5-3-1-2-4-6-8-10-12-14-16-18-21(24(29)30)25(31)32/h21-22H,1-20H2,(H2,27,28)(H,29,30)(H,31,32)(H,34,35,36). The van der Waals surface area contributed by atoms with E-state index in [1.54, 1.807) is 0 Å². The van der Waals surface area contributed by atoms with Crippen molar-refractivity contribution in [3.8, 4) is 0 Å². The fourth-order valence-corrected chi connectivity index (χ4v) is 4.90. The maximum atomic E-state index is 11.8. The lowest BCUT2D eigenvalue weighted by atomic mass is 10.00. The van der Waals surface area contributed by atoms with Gasteiger partial charge in [-0.25, -0.2) is 0 Å². The Hall–Kier alpha value is -2.21. The molecule has 1 atom stereocenters. The third kappa shape index (κ3) is 19.8. The highest BCUT2D eigenvalue weighted by Gasteiger charge is 2.34. The van der Waals surface area contributed by atoms with E-state index in [-0.39, 0.29) is 13.0 Å². The van der Waals surface area contributed by atoms with Crippen molar-refractivity contribution >= 4 is 33.9 Å². The fraction of sp³-hybridized carbons (Fsp3) is 0.846. The van der Waals surface area contributed by atoms with E-state index in [1.807, 2.05) is 0 Å². The van der Waals surface area contributed by atoms with Gasteiger partial charge in [-0.15, -0.1) is 0 Å². The molecule has 222 valence electrons. The summed E-state index contributed by atoms with van der Waals surface area (Å²) in [6, 6.07) is 0. The molecule has 5 N–H and O–H groups in total. The first kappa shape index (κ1) is 35.8. The van der Waals surface area contributed by atoms with Gasteiger partial charge in [-0.1, -0.05) is 103 Å². The highest BCUT2D eigenvalue weighted by molar-refractivity contribution is 7.87. The zero-order valence-corrected chi connectivity index (χ0v) is 23.3. The van der Waals surface area contributed by atoms with Crippen LogP contribution in [0.15, 0.2) is 0 Å². The number of ether oxygens (including phenoxy) is 1. The molecule has 0 aliphatic heterocycles. The number of nitrogens with two attached hydrogens (primary N) is 1. The third-order valence-corrected chi connectivity index (χ3v) is 7.56. The molecule has 38 heavy (non-hydrogen) atoms. The maximum Gasteiger partial charge on any atom is 0.327 e. The van der Waals surface area contributed by atoms with Gasteiger partial charge in [0.25, 0.3) is 10.1 Å². The van der Waals surface area contributed by atoms with Gasteiger partial charge in [-0.2, -0.15) is 8.42 Å². The summed E-state index contributed by atoms with van der Waals surface area (Å²) < 4.78 is 36.2. The van der Waals surface area contributed by atoms with Gasteiger partial charge in [0, 0.05) is 0 Å². The lowest BCUT2D eigenvalue weighted by Gasteiger charge is -2.11. The van der Waals surface area contributed by atoms with Crippen molar-refractivity contribution < 1.29 is 47.1 Å². The Kier molecular flexibility index (Phi) is 20.4. The van der Waals surface area contributed by atoms with Crippen LogP contribution in [0.5, 0.6) is 0 Å². The average molecular weight is 566 g/mol. The van der Waals surface area contributed by atoms with Gasteiger partial charge >= 0.3 is 17.9 Å². The average Bonchev–Trinajstić information content (AvgIpc) is 2.82. The molecule has 1 amide bonds. The van der Waals surface area contributed by atoms with Crippen LogP contribution in [-0.4, -0.2) is 58.9 Å². The molecule has 0 aromatic heterocycles. The minimum Gasteiger partial charge on any atom is -0.481 e. The molecule has 0 heterocycles. The number of amides is 1. The largest absolute Gasteiger partial charge is 0.481 e. The Morgan fingerprint density at radius 3 is 1.29 bits per heavy atom. The number of carboxylic acid groups (broad SMARTS) is 2. The quantitative estimate of drug-likeness (QED) is 0.0502. The molecule has 0 aromatic carbocycles. The van der Waals surface area contributed by atoms with E-state index in [0.29, 0.717) is 12.8 Å². The van der Waals surface area contributed by atoms with Crippen LogP contribution in [-0.2, 0) is 34.0 Å². The Morgan fingerprint density at radius 2 is 0.974 bits per heavy atom. The lowest BCUT2D eigenvalue weighted by molar-refractivity contribution is -0.155. The van der Waals surface area contributed by atoms with Crippen molar-refractivity contribution in [2.24, 2.45) is 11.7 Å². The second-order valence-corrected chi connectivity index (χ2v) is 11.5. The molecule has 1 unspecified atom stereocenters. The van der Waals surface area contributed by atoms with Crippen LogP contribution in [0.1, 0.15) is 122 Å². The van der Waals surface area contributed by atoms with E-state index >= 15 is 0 Å². The molecular weight excluding hydrogens is 518 g/mol. The summed E-state index contributed by atoms with van der Waals surface area (Å²) in [5.41, 5.74) is 4.90. The van der Waals surface area contributed by atoms with Crippen molar-refractivity contribution in [3.05, 3.63) is 0 Å². The molecule has 0 spiro atoms. The Bertz CT molecular complexity index is 786. The minimum absolute atomic E-state index is 0.0314. The van der Waals surface area contributed by atoms with E-state index < -0.39 is 51.5 Å². The first-order chi connectivity index (χ1) is 18.0.